The van der Waals surface area contributed by atoms with Gasteiger partial charge in [0, 0.05) is 40.2 Å². The zero-order valence-electron chi connectivity index (χ0n) is 11.8. The number of thiazole rings is 1. The molecule has 21 heavy (non-hydrogen) atoms. The summed E-state index contributed by atoms with van der Waals surface area (Å²) in [5, 5.41) is 3.37. The van der Waals surface area contributed by atoms with Crippen molar-refractivity contribution in [3.8, 4) is 0 Å². The maximum Gasteiger partial charge on any atom is 0.225 e. The van der Waals surface area contributed by atoms with Crippen LogP contribution >= 0.6 is 34.7 Å². The third-order valence-electron chi connectivity index (χ3n) is 2.82. The molecule has 0 aliphatic heterocycles. The minimum Gasteiger partial charge on any atom is -0.398 e. The van der Waals surface area contributed by atoms with Crippen LogP contribution in [-0.2, 0) is 10.5 Å². The van der Waals surface area contributed by atoms with Crippen LogP contribution in [0.4, 0.5) is 10.8 Å². The fraction of sp³-hybridized carbons (Fsp3) is 0.286. The Labute approximate surface area is 137 Å². The number of halogens is 1. The van der Waals surface area contributed by atoms with Crippen LogP contribution in [0.3, 0.4) is 0 Å². The van der Waals surface area contributed by atoms with Crippen molar-refractivity contribution < 1.29 is 4.79 Å². The van der Waals surface area contributed by atoms with E-state index in [-0.39, 0.29) is 5.91 Å². The molecule has 0 saturated heterocycles. The van der Waals surface area contributed by atoms with E-state index in [1.165, 1.54) is 11.3 Å². The predicted molar refractivity (Wildman–Crippen MR) is 91.2 cm³/mol. The highest BCUT2D eigenvalue weighted by molar-refractivity contribution is 7.98. The first kappa shape index (κ1) is 16.1. The first-order valence-corrected chi connectivity index (χ1v) is 8.66. The number of thioether (sulfide) groups is 1. The second-order valence-electron chi connectivity index (χ2n) is 4.36. The first-order valence-electron chi connectivity index (χ1n) is 6.41. The molecule has 2 N–H and O–H groups in total. The molecule has 2 rings (SSSR count). The molecule has 0 aliphatic rings. The van der Waals surface area contributed by atoms with Gasteiger partial charge in [0.2, 0.25) is 5.91 Å². The summed E-state index contributed by atoms with van der Waals surface area (Å²) in [6, 6.07) is 5.42. The van der Waals surface area contributed by atoms with Gasteiger partial charge in [-0.05, 0) is 25.1 Å². The van der Waals surface area contributed by atoms with E-state index < -0.39 is 0 Å². The Morgan fingerprint density at radius 1 is 1.52 bits per heavy atom. The number of nitrogens with zero attached hydrogens (tertiary/aromatic N) is 2. The van der Waals surface area contributed by atoms with Gasteiger partial charge in [-0.2, -0.15) is 0 Å². The van der Waals surface area contributed by atoms with E-state index in [9.17, 15) is 4.79 Å². The average Bonchev–Trinajstić information content (AvgIpc) is 2.89. The van der Waals surface area contributed by atoms with Crippen molar-refractivity contribution in [2.45, 2.75) is 24.5 Å². The minimum atomic E-state index is 0.00476. The van der Waals surface area contributed by atoms with E-state index in [1.807, 2.05) is 18.4 Å². The molecule has 1 aromatic heterocycles. The number of carbonyl (C=O) groups is 1. The van der Waals surface area contributed by atoms with Crippen LogP contribution < -0.4 is 10.6 Å². The van der Waals surface area contributed by atoms with E-state index in [4.69, 9.17) is 17.3 Å². The molecule has 0 radical (unpaired) electrons. The molecule has 4 nitrogen and oxygen atoms in total. The Balaban J connectivity index is 2.06. The van der Waals surface area contributed by atoms with Gasteiger partial charge >= 0.3 is 0 Å². The SMILES string of the molecule is CCN(C(C)=O)c1nc(CSc2cc(Cl)ccc2N)cs1. The molecular weight excluding hydrogens is 326 g/mol. The summed E-state index contributed by atoms with van der Waals surface area (Å²) in [5.41, 5.74) is 7.56. The molecule has 7 heteroatoms. The summed E-state index contributed by atoms with van der Waals surface area (Å²) >= 11 is 9.03. The van der Waals surface area contributed by atoms with Gasteiger partial charge in [0.25, 0.3) is 0 Å². The third kappa shape index (κ3) is 4.12. The minimum absolute atomic E-state index is 0.00476. The van der Waals surface area contributed by atoms with E-state index in [1.54, 1.807) is 35.7 Å². The largest absolute Gasteiger partial charge is 0.398 e. The number of amides is 1. The summed E-state index contributed by atoms with van der Waals surface area (Å²) in [6.45, 7) is 4.10. The Hall–Kier alpha value is -1.24. The molecule has 0 spiro atoms. The van der Waals surface area contributed by atoms with Crippen molar-refractivity contribution in [2.24, 2.45) is 0 Å². The Morgan fingerprint density at radius 3 is 2.95 bits per heavy atom. The van der Waals surface area contributed by atoms with Crippen LogP contribution in [-0.4, -0.2) is 17.4 Å². The van der Waals surface area contributed by atoms with E-state index in [0.717, 1.165) is 15.7 Å². The van der Waals surface area contributed by atoms with Crippen LogP contribution in [0.15, 0.2) is 28.5 Å². The maximum absolute atomic E-state index is 11.5. The Bertz CT molecular complexity index is 645. The number of anilines is 2. The van der Waals surface area contributed by atoms with Crippen molar-refractivity contribution in [1.82, 2.24) is 4.98 Å². The molecule has 1 amide bonds. The van der Waals surface area contributed by atoms with Crippen molar-refractivity contribution in [1.29, 1.82) is 0 Å². The summed E-state index contributed by atoms with van der Waals surface area (Å²) in [6.07, 6.45) is 0. The Kier molecular flexibility index (Phi) is 5.50. The second-order valence-corrected chi connectivity index (χ2v) is 6.65. The van der Waals surface area contributed by atoms with Gasteiger partial charge in [0.1, 0.15) is 0 Å². The number of benzene rings is 1. The van der Waals surface area contributed by atoms with Crippen molar-refractivity contribution in [2.75, 3.05) is 17.2 Å². The van der Waals surface area contributed by atoms with Crippen molar-refractivity contribution in [3.63, 3.8) is 0 Å². The van der Waals surface area contributed by atoms with E-state index in [0.29, 0.717) is 23.0 Å². The highest BCUT2D eigenvalue weighted by Gasteiger charge is 2.13. The molecule has 0 bridgehead atoms. The molecule has 1 heterocycles. The van der Waals surface area contributed by atoms with E-state index >= 15 is 0 Å². The van der Waals surface area contributed by atoms with Crippen LogP contribution in [0, 0.1) is 0 Å². The maximum atomic E-state index is 11.5. The number of hydrogen-bond donors (Lipinski definition) is 1. The normalized spacial score (nSPS) is 10.6. The van der Waals surface area contributed by atoms with Gasteiger partial charge in [0.15, 0.2) is 5.13 Å². The van der Waals surface area contributed by atoms with Crippen LogP contribution in [0.2, 0.25) is 5.02 Å². The first-order chi connectivity index (χ1) is 10.0. The third-order valence-corrected chi connectivity index (χ3v) is 5.07. The number of hydrogen-bond acceptors (Lipinski definition) is 5. The lowest BCUT2D eigenvalue weighted by Gasteiger charge is -2.14. The summed E-state index contributed by atoms with van der Waals surface area (Å²) in [5.74, 6) is 0.696. The molecule has 0 aliphatic carbocycles. The Morgan fingerprint density at radius 2 is 2.29 bits per heavy atom. The number of carbonyl (C=O) groups excluding carboxylic acids is 1. The standard InChI is InChI=1S/C14H16ClN3OS2/c1-3-18(9(2)19)14-17-11(8-21-14)7-20-13-6-10(15)4-5-12(13)16/h4-6,8H,3,7,16H2,1-2H3. The second kappa shape index (κ2) is 7.15. The van der Waals surface area contributed by atoms with Gasteiger partial charge in [-0.3, -0.25) is 9.69 Å². The van der Waals surface area contributed by atoms with Crippen molar-refractivity contribution >= 4 is 51.4 Å². The lowest BCUT2D eigenvalue weighted by molar-refractivity contribution is -0.116. The smallest absolute Gasteiger partial charge is 0.225 e. The van der Waals surface area contributed by atoms with Gasteiger partial charge in [-0.1, -0.05) is 11.6 Å². The number of nitrogen functional groups attached to an aromatic ring is 1. The molecule has 0 saturated carbocycles. The van der Waals surface area contributed by atoms with Gasteiger partial charge in [-0.25, -0.2) is 4.98 Å². The van der Waals surface area contributed by atoms with Gasteiger partial charge in [0.05, 0.1) is 5.69 Å². The average molecular weight is 342 g/mol. The molecule has 112 valence electrons. The fourth-order valence-corrected chi connectivity index (χ4v) is 3.93. The highest BCUT2D eigenvalue weighted by Crippen LogP contribution is 2.31. The summed E-state index contributed by atoms with van der Waals surface area (Å²) in [7, 11) is 0. The molecule has 0 unspecified atom stereocenters. The molecule has 0 atom stereocenters. The van der Waals surface area contributed by atoms with Crippen LogP contribution in [0.25, 0.3) is 0 Å². The molecule has 1 aromatic carbocycles. The van der Waals surface area contributed by atoms with Crippen LogP contribution in [0.5, 0.6) is 0 Å². The van der Waals surface area contributed by atoms with Crippen LogP contribution in [0.1, 0.15) is 19.5 Å². The molecule has 2 aromatic rings. The van der Waals surface area contributed by atoms with Gasteiger partial charge in [-0.15, -0.1) is 23.1 Å². The zero-order chi connectivity index (χ0) is 15.4. The number of nitrogens with two attached hydrogens (primary N) is 1. The number of aromatic nitrogens is 1. The van der Waals surface area contributed by atoms with E-state index in [2.05, 4.69) is 4.98 Å². The number of rotatable bonds is 5. The fourth-order valence-electron chi connectivity index (χ4n) is 1.76. The molecular formula is C14H16ClN3OS2. The molecule has 0 fully saturated rings. The summed E-state index contributed by atoms with van der Waals surface area (Å²) in [4.78, 5) is 18.6. The quantitative estimate of drug-likeness (QED) is 0.658. The topological polar surface area (TPSA) is 59.2 Å². The summed E-state index contributed by atoms with van der Waals surface area (Å²) < 4.78 is 0. The predicted octanol–water partition coefficient (Wildman–Crippen LogP) is 4.04. The van der Waals surface area contributed by atoms with Gasteiger partial charge < -0.3 is 5.73 Å². The lowest BCUT2D eigenvalue weighted by atomic mass is 10.3. The monoisotopic (exact) mass is 341 g/mol. The van der Waals surface area contributed by atoms with Crippen molar-refractivity contribution in [3.05, 3.63) is 34.3 Å². The zero-order valence-corrected chi connectivity index (χ0v) is 14.2. The lowest BCUT2D eigenvalue weighted by Crippen LogP contribution is -2.27. The highest BCUT2D eigenvalue weighted by atomic mass is 35.5.